The number of benzene rings is 3. The molecule has 10 nitrogen and oxygen atoms in total. The number of esters is 1. The Kier molecular flexibility index (Phi) is 10.2. The molecule has 1 heterocycles. The van der Waals surface area contributed by atoms with E-state index >= 15 is 0 Å². The van der Waals surface area contributed by atoms with E-state index in [4.69, 9.17) is 21.1 Å². The number of imide groups is 1. The van der Waals surface area contributed by atoms with Crippen molar-refractivity contribution in [3.63, 3.8) is 0 Å². The number of amides is 4. The summed E-state index contributed by atoms with van der Waals surface area (Å²) in [5.41, 5.74) is 3.84. The van der Waals surface area contributed by atoms with Crippen LogP contribution in [-0.2, 0) is 19.1 Å². The maximum absolute atomic E-state index is 12.9. The van der Waals surface area contributed by atoms with E-state index in [1.807, 2.05) is 32.0 Å². The number of aryl methyl sites for hydroxylation is 2. The van der Waals surface area contributed by atoms with Crippen LogP contribution in [0.25, 0.3) is 6.08 Å². The molecule has 0 saturated carbocycles. The fraction of sp³-hybridized carbons (Fsp3) is 0.194. The van der Waals surface area contributed by atoms with Crippen LogP contribution in [0.3, 0.4) is 0 Å². The largest absolute Gasteiger partial charge is 0.484 e. The molecule has 0 bridgehead atoms. The Morgan fingerprint density at radius 2 is 1.58 bits per heavy atom. The molecule has 1 fully saturated rings. The van der Waals surface area contributed by atoms with Gasteiger partial charge in [0.2, 0.25) is 5.91 Å². The summed E-state index contributed by atoms with van der Waals surface area (Å²) in [5.74, 6) is -1.75. The molecule has 43 heavy (non-hydrogen) atoms. The first-order valence-corrected chi connectivity index (χ1v) is 14.4. The van der Waals surface area contributed by atoms with Crippen molar-refractivity contribution in [2.45, 2.75) is 20.8 Å². The molecule has 0 aliphatic carbocycles. The van der Waals surface area contributed by atoms with Crippen molar-refractivity contribution in [3.05, 3.63) is 92.8 Å². The molecule has 222 valence electrons. The second-order valence-electron chi connectivity index (χ2n) is 9.44. The van der Waals surface area contributed by atoms with Crippen LogP contribution in [0.1, 0.15) is 34.0 Å². The molecule has 4 rings (SSSR count). The lowest BCUT2D eigenvalue weighted by Crippen LogP contribution is -2.36. The van der Waals surface area contributed by atoms with Gasteiger partial charge in [0.15, 0.2) is 6.61 Å². The van der Waals surface area contributed by atoms with Gasteiger partial charge in [0, 0.05) is 11.4 Å². The van der Waals surface area contributed by atoms with Gasteiger partial charge in [-0.2, -0.15) is 0 Å². The predicted molar refractivity (Wildman–Crippen MR) is 165 cm³/mol. The Bertz CT molecular complexity index is 1620. The van der Waals surface area contributed by atoms with Crippen molar-refractivity contribution in [1.82, 2.24) is 4.90 Å². The van der Waals surface area contributed by atoms with Crippen LogP contribution < -0.4 is 15.4 Å². The van der Waals surface area contributed by atoms with Gasteiger partial charge in [-0.1, -0.05) is 29.8 Å². The zero-order valence-electron chi connectivity index (χ0n) is 23.6. The maximum atomic E-state index is 12.9. The molecule has 1 aliphatic rings. The molecule has 4 amide bonds. The lowest BCUT2D eigenvalue weighted by molar-refractivity contribution is -0.127. The summed E-state index contributed by atoms with van der Waals surface area (Å²) in [6, 6.07) is 16.6. The minimum atomic E-state index is -0.641. The highest BCUT2D eigenvalue weighted by atomic mass is 35.5. The summed E-state index contributed by atoms with van der Waals surface area (Å²) in [6.07, 6.45) is 1.53. The number of ether oxygens (including phenoxy) is 2. The SMILES string of the molecule is CCOC(=O)c1cc(NC(=O)CN2C(=O)S/C(=C\c3ccc(OCC(=O)Nc4ccc(C)c(C)c4)cc3)C2=O)ccc1Cl. The summed E-state index contributed by atoms with van der Waals surface area (Å²) >= 11 is 6.77. The minimum Gasteiger partial charge on any atom is -0.484 e. The number of rotatable bonds is 10. The van der Waals surface area contributed by atoms with E-state index in [0.29, 0.717) is 28.8 Å². The molecule has 2 N–H and O–H groups in total. The Balaban J connectivity index is 1.31. The van der Waals surface area contributed by atoms with Crippen molar-refractivity contribution >= 4 is 69.7 Å². The summed E-state index contributed by atoms with van der Waals surface area (Å²) in [7, 11) is 0. The fourth-order valence-electron chi connectivity index (χ4n) is 3.93. The van der Waals surface area contributed by atoms with Gasteiger partial charge in [0.1, 0.15) is 12.3 Å². The van der Waals surface area contributed by atoms with Gasteiger partial charge < -0.3 is 20.1 Å². The molecule has 3 aromatic carbocycles. The third kappa shape index (κ3) is 8.24. The number of hydrogen-bond acceptors (Lipinski definition) is 8. The summed E-state index contributed by atoms with van der Waals surface area (Å²) in [4.78, 5) is 63.3. The van der Waals surface area contributed by atoms with E-state index in [1.165, 1.54) is 24.3 Å². The molecule has 0 aromatic heterocycles. The molecular weight excluding hydrogens is 594 g/mol. The summed E-state index contributed by atoms with van der Waals surface area (Å²) in [6.45, 7) is 5.07. The van der Waals surface area contributed by atoms with Crippen molar-refractivity contribution in [1.29, 1.82) is 0 Å². The van der Waals surface area contributed by atoms with Crippen LogP contribution in [0.5, 0.6) is 5.75 Å². The Morgan fingerprint density at radius 3 is 2.28 bits per heavy atom. The molecule has 1 aliphatic heterocycles. The average molecular weight is 622 g/mol. The molecule has 1 saturated heterocycles. The number of halogens is 1. The number of hydrogen-bond donors (Lipinski definition) is 2. The first kappa shape index (κ1) is 31.3. The molecule has 0 radical (unpaired) electrons. The van der Waals surface area contributed by atoms with E-state index in [0.717, 1.165) is 16.0 Å². The van der Waals surface area contributed by atoms with Crippen LogP contribution in [0.15, 0.2) is 65.6 Å². The van der Waals surface area contributed by atoms with Gasteiger partial charge in [-0.05, 0) is 97.8 Å². The smallest absolute Gasteiger partial charge is 0.339 e. The minimum absolute atomic E-state index is 0.0763. The maximum Gasteiger partial charge on any atom is 0.339 e. The third-order valence-electron chi connectivity index (χ3n) is 6.26. The monoisotopic (exact) mass is 621 g/mol. The van der Waals surface area contributed by atoms with Gasteiger partial charge in [-0.15, -0.1) is 0 Å². The predicted octanol–water partition coefficient (Wildman–Crippen LogP) is 5.83. The molecule has 0 spiro atoms. The first-order chi connectivity index (χ1) is 20.5. The number of nitrogens with zero attached hydrogens (tertiary/aromatic N) is 1. The molecule has 12 heteroatoms. The lowest BCUT2D eigenvalue weighted by Gasteiger charge is -2.13. The van der Waals surface area contributed by atoms with Crippen molar-refractivity contribution in [2.75, 3.05) is 30.4 Å². The number of anilines is 2. The van der Waals surface area contributed by atoms with Crippen LogP contribution in [0.4, 0.5) is 16.2 Å². The van der Waals surface area contributed by atoms with Gasteiger partial charge in [0.25, 0.3) is 17.1 Å². The van der Waals surface area contributed by atoms with E-state index in [-0.39, 0.29) is 40.3 Å². The van der Waals surface area contributed by atoms with Gasteiger partial charge >= 0.3 is 5.97 Å². The molecule has 0 atom stereocenters. The highest BCUT2D eigenvalue weighted by molar-refractivity contribution is 8.18. The standard InChI is InChI=1S/C31H28ClN3O7S/c1-4-41-30(39)24-15-22(9-12-25(24)32)33-27(36)16-35-29(38)26(43-31(35)40)14-20-6-10-23(11-7-20)42-17-28(37)34-21-8-5-18(2)19(3)13-21/h5-15H,4,16-17H2,1-3H3,(H,33,36)(H,34,37)/b26-14-. The number of thioether (sulfide) groups is 1. The zero-order chi connectivity index (χ0) is 31.1. The Morgan fingerprint density at radius 1 is 0.907 bits per heavy atom. The summed E-state index contributed by atoms with van der Waals surface area (Å²) < 4.78 is 10.5. The van der Waals surface area contributed by atoms with Crippen molar-refractivity contribution in [2.24, 2.45) is 0 Å². The fourth-order valence-corrected chi connectivity index (χ4v) is 4.96. The molecule has 3 aromatic rings. The quantitative estimate of drug-likeness (QED) is 0.214. The van der Waals surface area contributed by atoms with Crippen LogP contribution >= 0.6 is 23.4 Å². The second-order valence-corrected chi connectivity index (χ2v) is 10.8. The van der Waals surface area contributed by atoms with E-state index in [2.05, 4.69) is 10.6 Å². The van der Waals surface area contributed by atoms with Crippen LogP contribution in [-0.4, -0.2) is 53.6 Å². The topological polar surface area (TPSA) is 131 Å². The van der Waals surface area contributed by atoms with E-state index in [1.54, 1.807) is 31.2 Å². The lowest BCUT2D eigenvalue weighted by atomic mass is 10.1. The number of nitrogens with one attached hydrogen (secondary N) is 2. The number of carbonyl (C=O) groups excluding carboxylic acids is 5. The van der Waals surface area contributed by atoms with Crippen molar-refractivity contribution in [3.8, 4) is 5.75 Å². The van der Waals surface area contributed by atoms with E-state index < -0.39 is 29.6 Å². The summed E-state index contributed by atoms with van der Waals surface area (Å²) in [5, 5.41) is 4.92. The Labute approximate surface area is 257 Å². The average Bonchev–Trinajstić information content (AvgIpc) is 3.22. The molecule has 0 unspecified atom stereocenters. The third-order valence-corrected chi connectivity index (χ3v) is 7.50. The van der Waals surface area contributed by atoms with Gasteiger partial charge in [-0.25, -0.2) is 4.79 Å². The van der Waals surface area contributed by atoms with Crippen LogP contribution in [0.2, 0.25) is 5.02 Å². The number of carbonyl (C=O) groups is 5. The highest BCUT2D eigenvalue weighted by Crippen LogP contribution is 2.32. The van der Waals surface area contributed by atoms with Gasteiger partial charge in [-0.3, -0.25) is 24.1 Å². The molecular formula is C31H28ClN3O7S. The van der Waals surface area contributed by atoms with Crippen molar-refractivity contribution < 1.29 is 33.4 Å². The highest BCUT2D eigenvalue weighted by Gasteiger charge is 2.36. The van der Waals surface area contributed by atoms with Gasteiger partial charge in [0.05, 0.1) is 22.1 Å². The second kappa shape index (κ2) is 14.0. The van der Waals surface area contributed by atoms with Crippen LogP contribution in [0, 0.1) is 13.8 Å². The van der Waals surface area contributed by atoms with E-state index in [9.17, 15) is 24.0 Å². The normalized spacial score (nSPS) is 13.7. The zero-order valence-corrected chi connectivity index (χ0v) is 25.1. The Hall–Kier alpha value is -4.61. The first-order valence-electron chi connectivity index (χ1n) is 13.2.